The third-order valence-electron chi connectivity index (χ3n) is 4.93. The first kappa shape index (κ1) is 17.3. The van der Waals surface area contributed by atoms with Gasteiger partial charge in [-0.05, 0) is 54.4 Å². The van der Waals surface area contributed by atoms with Crippen LogP contribution in [0.25, 0.3) is 44.9 Å². The molecule has 0 bridgehead atoms. The lowest BCUT2D eigenvalue weighted by atomic mass is 10.0. The van der Waals surface area contributed by atoms with Crippen LogP contribution >= 0.6 is 0 Å². The van der Waals surface area contributed by atoms with Crippen LogP contribution in [0.4, 0.5) is 8.78 Å². The number of nitrogens with zero attached hydrogens (tertiary/aromatic N) is 2. The van der Waals surface area contributed by atoms with Gasteiger partial charge in [0.15, 0.2) is 0 Å². The summed E-state index contributed by atoms with van der Waals surface area (Å²) in [5, 5.41) is 0.858. The minimum absolute atomic E-state index is 0.0570. The molecule has 5 rings (SSSR count). The lowest BCUT2D eigenvalue weighted by Gasteiger charge is -2.07. The number of oxazole rings is 1. The second-order valence-corrected chi connectivity index (χ2v) is 6.80. The molecule has 0 unspecified atom stereocenters. The molecule has 4 nitrogen and oxygen atoms in total. The Morgan fingerprint density at radius 2 is 1.79 bits per heavy atom. The number of aromatic nitrogens is 3. The number of rotatable bonds is 3. The van der Waals surface area contributed by atoms with Crippen LogP contribution in [0.1, 0.15) is 5.56 Å². The van der Waals surface area contributed by atoms with Crippen LogP contribution in [0.2, 0.25) is 0 Å². The van der Waals surface area contributed by atoms with E-state index in [1.807, 2.05) is 31.2 Å². The Hall–Kier alpha value is -3.80. The topological polar surface area (TPSA) is 54.7 Å². The normalized spacial score (nSPS) is 11.3. The smallest absolute Gasteiger partial charge is 0.244 e. The molecule has 0 spiro atoms. The summed E-state index contributed by atoms with van der Waals surface area (Å²) >= 11 is 0. The van der Waals surface area contributed by atoms with Gasteiger partial charge in [-0.15, -0.1) is 0 Å². The van der Waals surface area contributed by atoms with Crippen molar-refractivity contribution in [1.29, 1.82) is 0 Å². The van der Waals surface area contributed by atoms with Crippen molar-refractivity contribution in [2.75, 3.05) is 0 Å². The summed E-state index contributed by atoms with van der Waals surface area (Å²) in [6, 6.07) is 13.4. The van der Waals surface area contributed by atoms with Gasteiger partial charge >= 0.3 is 0 Å². The molecule has 29 heavy (non-hydrogen) atoms. The number of benzene rings is 2. The summed E-state index contributed by atoms with van der Waals surface area (Å²) in [4.78, 5) is 11.7. The number of H-pyrrole nitrogens is 1. The SMILES string of the molecule is Cc1cc(-c2ncco2)ncc1-c1ccc2[nH]c(-c3c(F)cccc3F)cc2c1. The van der Waals surface area contributed by atoms with Gasteiger partial charge in [0, 0.05) is 22.7 Å². The zero-order valence-corrected chi connectivity index (χ0v) is 15.4. The molecule has 0 fully saturated rings. The van der Waals surface area contributed by atoms with Crippen molar-refractivity contribution in [3.05, 3.63) is 84.4 Å². The molecule has 0 atom stereocenters. The maximum absolute atomic E-state index is 14.1. The van der Waals surface area contributed by atoms with Crippen molar-refractivity contribution in [2.45, 2.75) is 6.92 Å². The van der Waals surface area contributed by atoms with Crippen molar-refractivity contribution < 1.29 is 13.2 Å². The number of aryl methyl sites for hydroxylation is 1. The van der Waals surface area contributed by atoms with E-state index in [0.717, 1.165) is 27.6 Å². The number of nitrogens with one attached hydrogen (secondary N) is 1. The van der Waals surface area contributed by atoms with Gasteiger partial charge in [0.25, 0.3) is 0 Å². The predicted molar refractivity (Wildman–Crippen MR) is 107 cm³/mol. The van der Waals surface area contributed by atoms with E-state index in [9.17, 15) is 8.78 Å². The summed E-state index contributed by atoms with van der Waals surface area (Å²) in [5.41, 5.74) is 4.75. The van der Waals surface area contributed by atoms with Crippen molar-refractivity contribution in [3.63, 3.8) is 0 Å². The van der Waals surface area contributed by atoms with E-state index >= 15 is 0 Å². The molecule has 0 aliphatic heterocycles. The second-order valence-electron chi connectivity index (χ2n) is 6.80. The van der Waals surface area contributed by atoms with E-state index in [4.69, 9.17) is 4.42 Å². The minimum atomic E-state index is -0.598. The molecule has 0 radical (unpaired) electrons. The second kappa shape index (κ2) is 6.67. The van der Waals surface area contributed by atoms with Gasteiger partial charge in [0.05, 0.1) is 17.5 Å². The summed E-state index contributed by atoms with van der Waals surface area (Å²) < 4.78 is 33.6. The van der Waals surface area contributed by atoms with Gasteiger partial charge in [-0.3, -0.25) is 4.98 Å². The van der Waals surface area contributed by atoms with Crippen LogP contribution in [0, 0.1) is 18.6 Å². The average molecular weight is 387 g/mol. The van der Waals surface area contributed by atoms with Gasteiger partial charge in [-0.2, -0.15) is 0 Å². The maximum Gasteiger partial charge on any atom is 0.244 e. The third-order valence-corrected chi connectivity index (χ3v) is 4.93. The van der Waals surface area contributed by atoms with Crippen molar-refractivity contribution >= 4 is 10.9 Å². The Labute approximate surface area is 164 Å². The van der Waals surface area contributed by atoms with Gasteiger partial charge in [0.2, 0.25) is 5.89 Å². The molecule has 1 N–H and O–H groups in total. The third kappa shape index (κ3) is 2.99. The van der Waals surface area contributed by atoms with E-state index in [-0.39, 0.29) is 5.56 Å². The number of fused-ring (bicyclic) bond motifs is 1. The number of aromatic amines is 1. The zero-order valence-electron chi connectivity index (χ0n) is 15.4. The molecule has 142 valence electrons. The highest BCUT2D eigenvalue weighted by Crippen LogP contribution is 2.32. The monoisotopic (exact) mass is 387 g/mol. The van der Waals surface area contributed by atoms with Crippen LogP contribution in [-0.2, 0) is 0 Å². The Morgan fingerprint density at radius 3 is 2.52 bits per heavy atom. The first-order valence-electron chi connectivity index (χ1n) is 9.04. The Bertz CT molecular complexity index is 1320. The highest BCUT2D eigenvalue weighted by molar-refractivity contribution is 5.90. The molecule has 3 heterocycles. The van der Waals surface area contributed by atoms with Crippen molar-refractivity contribution in [3.8, 4) is 34.0 Å². The zero-order chi connectivity index (χ0) is 20.0. The summed E-state index contributed by atoms with van der Waals surface area (Å²) in [6.45, 7) is 1.99. The fourth-order valence-electron chi connectivity index (χ4n) is 3.52. The first-order chi connectivity index (χ1) is 14.1. The van der Waals surface area contributed by atoms with Gasteiger partial charge in [0.1, 0.15) is 23.6 Å². The van der Waals surface area contributed by atoms with E-state index < -0.39 is 11.6 Å². The Morgan fingerprint density at radius 1 is 0.966 bits per heavy atom. The number of hydrogen-bond donors (Lipinski definition) is 1. The highest BCUT2D eigenvalue weighted by atomic mass is 19.1. The van der Waals surface area contributed by atoms with Crippen LogP contribution in [0.5, 0.6) is 0 Å². The molecule has 6 heteroatoms. The van der Waals surface area contributed by atoms with Gasteiger partial charge in [-0.25, -0.2) is 13.8 Å². The molecule has 0 aliphatic rings. The number of pyridine rings is 1. The van der Waals surface area contributed by atoms with E-state index in [0.29, 0.717) is 17.3 Å². The lowest BCUT2D eigenvalue weighted by Crippen LogP contribution is -1.89. The van der Waals surface area contributed by atoms with Crippen LogP contribution in [0.15, 0.2) is 71.6 Å². The molecule has 5 aromatic rings. The largest absolute Gasteiger partial charge is 0.443 e. The molecule has 0 saturated carbocycles. The average Bonchev–Trinajstić information content (AvgIpc) is 3.37. The standard InChI is InChI=1S/C23H15F2N3O/c1-13-9-21(23-26-7-8-29-23)27-12-16(13)14-5-6-19-15(10-14)11-20(28-19)22-17(24)3-2-4-18(22)25/h2-12,28H,1H3. The summed E-state index contributed by atoms with van der Waals surface area (Å²) in [7, 11) is 0. The molecule has 0 amide bonds. The fraction of sp³-hybridized carbons (Fsp3) is 0.0435. The number of hydrogen-bond acceptors (Lipinski definition) is 3. The molecular formula is C23H15F2N3O. The van der Waals surface area contributed by atoms with Crippen LogP contribution in [0.3, 0.4) is 0 Å². The van der Waals surface area contributed by atoms with Crippen LogP contribution < -0.4 is 0 Å². The van der Waals surface area contributed by atoms with Gasteiger partial charge < -0.3 is 9.40 Å². The highest BCUT2D eigenvalue weighted by Gasteiger charge is 2.14. The molecular weight excluding hydrogens is 372 g/mol. The summed E-state index contributed by atoms with van der Waals surface area (Å²) in [6.07, 6.45) is 4.87. The van der Waals surface area contributed by atoms with Gasteiger partial charge in [-0.1, -0.05) is 12.1 Å². The minimum Gasteiger partial charge on any atom is -0.443 e. The Kier molecular flexibility index (Phi) is 3.98. The Balaban J connectivity index is 1.57. The van der Waals surface area contributed by atoms with E-state index in [1.165, 1.54) is 24.5 Å². The number of halogens is 2. The van der Waals surface area contributed by atoms with E-state index in [1.54, 1.807) is 18.5 Å². The maximum atomic E-state index is 14.1. The lowest BCUT2D eigenvalue weighted by molar-refractivity contribution is 0.572. The first-order valence-corrected chi connectivity index (χ1v) is 9.04. The van der Waals surface area contributed by atoms with Crippen molar-refractivity contribution in [2.24, 2.45) is 0 Å². The molecule has 2 aromatic carbocycles. The quantitative estimate of drug-likeness (QED) is 0.405. The van der Waals surface area contributed by atoms with Crippen molar-refractivity contribution in [1.82, 2.24) is 15.0 Å². The predicted octanol–water partition coefficient (Wildman–Crippen LogP) is 6.14. The fourth-order valence-corrected chi connectivity index (χ4v) is 3.52. The molecule has 0 aliphatic carbocycles. The molecule has 3 aromatic heterocycles. The summed E-state index contributed by atoms with van der Waals surface area (Å²) in [5.74, 6) is -0.727. The molecule has 0 saturated heterocycles. The van der Waals surface area contributed by atoms with Crippen LogP contribution in [-0.4, -0.2) is 15.0 Å². The van der Waals surface area contributed by atoms with E-state index in [2.05, 4.69) is 15.0 Å².